The monoisotopic (exact) mass is 334 g/mol. The molecule has 0 aliphatic carbocycles. The van der Waals surface area contributed by atoms with Crippen molar-refractivity contribution in [3.63, 3.8) is 0 Å². The van der Waals surface area contributed by atoms with E-state index in [2.05, 4.69) is 72.8 Å². The van der Waals surface area contributed by atoms with Crippen molar-refractivity contribution in [2.75, 3.05) is 0 Å². The average Bonchev–Trinajstić information content (AvgIpc) is 2.88. The van der Waals surface area contributed by atoms with Gasteiger partial charge in [-0.05, 0) is 47.4 Å². The first-order valence-electron chi connectivity index (χ1n) is 8.11. The summed E-state index contributed by atoms with van der Waals surface area (Å²) in [5.74, 6) is 0.941. The van der Waals surface area contributed by atoms with Crippen molar-refractivity contribution in [1.29, 1.82) is 0 Å². The summed E-state index contributed by atoms with van der Waals surface area (Å²) in [6.45, 7) is 6.66. The maximum absolute atomic E-state index is 6.23. The molecule has 2 aromatic heterocycles. The second-order valence-electron chi connectivity index (χ2n) is 7.17. The Morgan fingerprint density at radius 1 is 0.875 bits per heavy atom. The number of halogens is 1. The topological polar surface area (TPSA) is 17.8 Å². The van der Waals surface area contributed by atoms with Gasteiger partial charge in [-0.15, -0.1) is 0 Å². The van der Waals surface area contributed by atoms with Crippen molar-refractivity contribution >= 4 is 33.4 Å². The predicted molar refractivity (Wildman–Crippen MR) is 102 cm³/mol. The van der Waals surface area contributed by atoms with Crippen molar-refractivity contribution in [1.82, 2.24) is 9.55 Å². The number of aromatic nitrogens is 2. The summed E-state index contributed by atoms with van der Waals surface area (Å²) in [4.78, 5) is 4.65. The van der Waals surface area contributed by atoms with Gasteiger partial charge in [0.2, 0.25) is 0 Å². The van der Waals surface area contributed by atoms with E-state index < -0.39 is 0 Å². The first-order valence-corrected chi connectivity index (χ1v) is 8.48. The number of hydrogen-bond acceptors (Lipinski definition) is 1. The van der Waals surface area contributed by atoms with Gasteiger partial charge in [0.15, 0.2) is 0 Å². The van der Waals surface area contributed by atoms with E-state index in [0.29, 0.717) is 0 Å². The van der Waals surface area contributed by atoms with E-state index in [1.165, 1.54) is 10.9 Å². The third-order valence-corrected chi connectivity index (χ3v) is 4.71. The number of nitrogens with zero attached hydrogens (tertiary/aromatic N) is 2. The Bertz CT molecular complexity index is 1050. The summed E-state index contributed by atoms with van der Waals surface area (Å²) in [6.07, 6.45) is 1.90. The highest BCUT2D eigenvalue weighted by Crippen LogP contribution is 2.33. The van der Waals surface area contributed by atoms with Crippen LogP contribution in [0.15, 0.2) is 60.8 Å². The molecule has 0 unspecified atom stereocenters. The minimum Gasteiger partial charge on any atom is -0.294 e. The number of fused-ring (bicyclic) bond motifs is 3. The van der Waals surface area contributed by atoms with Crippen molar-refractivity contribution in [2.24, 2.45) is 0 Å². The predicted octanol–water partition coefficient (Wildman–Crippen LogP) is 6.13. The normalized spacial score (nSPS) is 12.2. The fraction of sp³-hybridized carbons (Fsp3) is 0.190. The molecular weight excluding hydrogens is 316 g/mol. The molecule has 24 heavy (non-hydrogen) atoms. The molecule has 2 heterocycles. The first kappa shape index (κ1) is 15.2. The molecule has 2 aromatic carbocycles. The Kier molecular flexibility index (Phi) is 3.40. The second kappa shape index (κ2) is 5.35. The molecule has 0 saturated heterocycles. The summed E-state index contributed by atoms with van der Waals surface area (Å²) in [5, 5.41) is 3.10. The molecule has 0 saturated carbocycles. The molecule has 2 nitrogen and oxygen atoms in total. The summed E-state index contributed by atoms with van der Waals surface area (Å²) < 4.78 is 2.22. The molecule has 0 N–H and O–H groups in total. The highest BCUT2D eigenvalue weighted by Gasteiger charge is 2.17. The minimum absolute atomic E-state index is 0.0831. The molecule has 0 spiro atoms. The lowest BCUT2D eigenvalue weighted by atomic mass is 9.88. The van der Waals surface area contributed by atoms with Crippen LogP contribution in [0.3, 0.4) is 0 Å². The van der Waals surface area contributed by atoms with Crippen molar-refractivity contribution in [3.05, 3.63) is 71.4 Å². The molecule has 0 radical (unpaired) electrons. The van der Waals surface area contributed by atoms with Gasteiger partial charge in [0.1, 0.15) is 5.82 Å². The molecule has 0 aliphatic heterocycles. The van der Waals surface area contributed by atoms with Crippen LogP contribution in [0.2, 0.25) is 5.02 Å². The quantitative estimate of drug-likeness (QED) is 0.409. The van der Waals surface area contributed by atoms with E-state index in [1.807, 2.05) is 18.3 Å². The van der Waals surface area contributed by atoms with Gasteiger partial charge in [-0.2, -0.15) is 0 Å². The lowest BCUT2D eigenvalue weighted by Crippen LogP contribution is -2.12. The van der Waals surface area contributed by atoms with E-state index >= 15 is 0 Å². The molecule has 0 aliphatic rings. The standard InChI is InChI=1S/C21H19ClN2/c1-21(2,3)14-10-11-23-20(12-14)24-18-7-5-4-6-16(18)17-13-15(22)8-9-19(17)24/h4-13H,1-3H3. The highest BCUT2D eigenvalue weighted by molar-refractivity contribution is 6.31. The third-order valence-electron chi connectivity index (χ3n) is 4.48. The Hall–Kier alpha value is -2.32. The molecule has 120 valence electrons. The van der Waals surface area contributed by atoms with Crippen molar-refractivity contribution < 1.29 is 0 Å². The third kappa shape index (κ3) is 2.38. The maximum Gasteiger partial charge on any atom is 0.137 e. The largest absolute Gasteiger partial charge is 0.294 e. The van der Waals surface area contributed by atoms with Crippen LogP contribution in [-0.2, 0) is 5.41 Å². The number of para-hydroxylation sites is 1. The smallest absolute Gasteiger partial charge is 0.137 e. The van der Waals surface area contributed by atoms with Crippen LogP contribution in [0, 0.1) is 0 Å². The number of benzene rings is 2. The van der Waals surface area contributed by atoms with Gasteiger partial charge in [0.25, 0.3) is 0 Å². The van der Waals surface area contributed by atoms with Crippen LogP contribution in [0.25, 0.3) is 27.6 Å². The van der Waals surface area contributed by atoms with E-state index in [-0.39, 0.29) is 5.41 Å². The van der Waals surface area contributed by atoms with E-state index in [0.717, 1.165) is 27.3 Å². The molecule has 0 fully saturated rings. The van der Waals surface area contributed by atoms with Crippen LogP contribution < -0.4 is 0 Å². The zero-order valence-corrected chi connectivity index (χ0v) is 14.8. The number of hydrogen-bond donors (Lipinski definition) is 0. The Balaban J connectivity index is 2.09. The van der Waals surface area contributed by atoms with Crippen LogP contribution >= 0.6 is 11.6 Å². The van der Waals surface area contributed by atoms with Gasteiger partial charge < -0.3 is 0 Å². The van der Waals surface area contributed by atoms with Crippen molar-refractivity contribution in [3.8, 4) is 5.82 Å². The second-order valence-corrected chi connectivity index (χ2v) is 7.60. The Morgan fingerprint density at radius 2 is 1.62 bits per heavy atom. The number of rotatable bonds is 1. The lowest BCUT2D eigenvalue weighted by molar-refractivity contribution is 0.588. The zero-order valence-electron chi connectivity index (χ0n) is 14.0. The van der Waals surface area contributed by atoms with E-state index in [1.54, 1.807) is 0 Å². The fourth-order valence-corrected chi connectivity index (χ4v) is 3.37. The highest BCUT2D eigenvalue weighted by atomic mass is 35.5. The van der Waals surface area contributed by atoms with Gasteiger partial charge in [-0.3, -0.25) is 4.57 Å². The zero-order chi connectivity index (χ0) is 16.9. The summed E-state index contributed by atoms with van der Waals surface area (Å²) in [6, 6.07) is 18.7. The maximum atomic E-state index is 6.23. The fourth-order valence-electron chi connectivity index (χ4n) is 3.20. The van der Waals surface area contributed by atoms with Gasteiger partial charge >= 0.3 is 0 Å². The van der Waals surface area contributed by atoms with E-state index in [4.69, 9.17) is 11.6 Å². The SMILES string of the molecule is CC(C)(C)c1ccnc(-n2c3ccccc3c3cc(Cl)ccc32)c1. The average molecular weight is 335 g/mol. The minimum atomic E-state index is 0.0831. The molecule has 4 aromatic rings. The van der Waals surface area contributed by atoms with Gasteiger partial charge in [-0.1, -0.05) is 50.6 Å². The van der Waals surface area contributed by atoms with Gasteiger partial charge in [0, 0.05) is 22.0 Å². The Labute approximate surface area is 146 Å². The number of pyridine rings is 1. The molecular formula is C21H19ClN2. The van der Waals surface area contributed by atoms with Crippen LogP contribution in [-0.4, -0.2) is 9.55 Å². The molecule has 3 heteroatoms. The van der Waals surface area contributed by atoms with E-state index in [9.17, 15) is 0 Å². The molecule has 0 atom stereocenters. The van der Waals surface area contributed by atoms with Gasteiger partial charge in [0.05, 0.1) is 11.0 Å². The molecule has 4 rings (SSSR count). The molecule has 0 amide bonds. The molecule has 0 bridgehead atoms. The Morgan fingerprint density at radius 3 is 2.42 bits per heavy atom. The lowest BCUT2D eigenvalue weighted by Gasteiger charge is -2.19. The van der Waals surface area contributed by atoms with Gasteiger partial charge in [-0.25, -0.2) is 4.98 Å². The summed E-state index contributed by atoms with van der Waals surface area (Å²) >= 11 is 6.23. The van der Waals surface area contributed by atoms with Crippen LogP contribution in [0.1, 0.15) is 26.3 Å². The van der Waals surface area contributed by atoms with Crippen molar-refractivity contribution in [2.45, 2.75) is 26.2 Å². The van der Waals surface area contributed by atoms with Crippen LogP contribution in [0.5, 0.6) is 0 Å². The summed E-state index contributed by atoms with van der Waals surface area (Å²) in [7, 11) is 0. The first-order chi connectivity index (χ1) is 11.4. The summed E-state index contributed by atoms with van der Waals surface area (Å²) in [5.41, 5.74) is 3.62. The van der Waals surface area contributed by atoms with Crippen LogP contribution in [0.4, 0.5) is 0 Å².